The molecule has 0 saturated heterocycles. The van der Waals surface area contributed by atoms with Crippen LogP contribution in [0.15, 0.2) is 42.5 Å². The maximum Gasteiger partial charge on any atom is 0.272 e. The van der Waals surface area contributed by atoms with Crippen LogP contribution >= 0.6 is 23.2 Å². The molecule has 2 aromatic rings. The molecule has 7 heteroatoms. The van der Waals surface area contributed by atoms with Crippen LogP contribution in [0.25, 0.3) is 0 Å². The van der Waals surface area contributed by atoms with Gasteiger partial charge in [-0.1, -0.05) is 41.4 Å². The van der Waals surface area contributed by atoms with Gasteiger partial charge in [-0.25, -0.2) is 4.39 Å². The van der Waals surface area contributed by atoms with Gasteiger partial charge >= 0.3 is 0 Å². The lowest BCUT2D eigenvalue weighted by molar-refractivity contribution is 0.0844. The van der Waals surface area contributed by atoms with Gasteiger partial charge < -0.3 is 0 Å². The summed E-state index contributed by atoms with van der Waals surface area (Å²) in [6.45, 7) is 0. The molecule has 0 radical (unpaired) electrons. The molecule has 2 N–H and O–H groups in total. The number of rotatable bonds is 2. The van der Waals surface area contributed by atoms with Crippen molar-refractivity contribution in [1.29, 1.82) is 0 Å². The molecule has 0 saturated carbocycles. The Hall–Kier alpha value is -2.11. The monoisotopic (exact) mass is 326 g/mol. The standard InChI is InChI=1S/C14H9Cl2FN2O2/c15-10-6-3-5-9(12(10)16)14(21)19-18-13(20)8-4-1-2-7-11(8)17/h1-7H,(H,18,20)(H,19,21). The summed E-state index contributed by atoms with van der Waals surface area (Å²) in [5, 5.41) is 0.279. The molecule has 0 aromatic heterocycles. The number of hydrogen-bond donors (Lipinski definition) is 2. The van der Waals surface area contributed by atoms with Crippen LogP contribution in [0.5, 0.6) is 0 Å². The summed E-state index contributed by atoms with van der Waals surface area (Å²) in [5.74, 6) is -2.13. The highest BCUT2D eigenvalue weighted by atomic mass is 35.5. The van der Waals surface area contributed by atoms with Crippen molar-refractivity contribution in [3.05, 3.63) is 69.5 Å². The lowest BCUT2D eigenvalue weighted by atomic mass is 10.2. The molecule has 0 aliphatic heterocycles. The summed E-state index contributed by atoms with van der Waals surface area (Å²) in [4.78, 5) is 23.6. The average Bonchev–Trinajstić information content (AvgIpc) is 2.47. The summed E-state index contributed by atoms with van der Waals surface area (Å²) in [5.41, 5.74) is 4.16. The average molecular weight is 327 g/mol. The number of carbonyl (C=O) groups excluding carboxylic acids is 2. The quantitative estimate of drug-likeness (QED) is 0.832. The molecule has 2 rings (SSSR count). The predicted octanol–water partition coefficient (Wildman–Crippen LogP) is 3.21. The van der Waals surface area contributed by atoms with Crippen molar-refractivity contribution in [2.45, 2.75) is 0 Å². The van der Waals surface area contributed by atoms with Crippen molar-refractivity contribution in [3.63, 3.8) is 0 Å². The normalized spacial score (nSPS) is 10.0. The van der Waals surface area contributed by atoms with E-state index in [1.807, 2.05) is 0 Å². The van der Waals surface area contributed by atoms with Crippen molar-refractivity contribution in [3.8, 4) is 0 Å². The summed E-state index contributed by atoms with van der Waals surface area (Å²) >= 11 is 11.7. The summed E-state index contributed by atoms with van der Waals surface area (Å²) in [6.07, 6.45) is 0. The Labute approximate surface area is 129 Å². The number of hydrazine groups is 1. The molecule has 2 aromatic carbocycles. The highest BCUT2D eigenvalue weighted by molar-refractivity contribution is 6.43. The van der Waals surface area contributed by atoms with Gasteiger partial charge in [-0.05, 0) is 24.3 Å². The zero-order valence-electron chi connectivity index (χ0n) is 10.5. The fraction of sp³-hybridized carbons (Fsp3) is 0. The second kappa shape index (κ2) is 6.56. The molecule has 0 aliphatic rings. The van der Waals surface area contributed by atoms with Gasteiger partial charge in [0.05, 0.1) is 21.2 Å². The van der Waals surface area contributed by atoms with Gasteiger partial charge in [0, 0.05) is 0 Å². The number of amides is 2. The zero-order chi connectivity index (χ0) is 15.4. The van der Waals surface area contributed by atoms with Crippen LogP contribution in [0.1, 0.15) is 20.7 Å². The Morgan fingerprint density at radius 3 is 2.10 bits per heavy atom. The molecular weight excluding hydrogens is 318 g/mol. The van der Waals surface area contributed by atoms with E-state index in [2.05, 4.69) is 10.9 Å². The zero-order valence-corrected chi connectivity index (χ0v) is 12.0. The van der Waals surface area contributed by atoms with Crippen molar-refractivity contribution in [1.82, 2.24) is 10.9 Å². The molecule has 0 spiro atoms. The van der Waals surface area contributed by atoms with Crippen molar-refractivity contribution in [2.24, 2.45) is 0 Å². The predicted molar refractivity (Wildman–Crippen MR) is 77.8 cm³/mol. The van der Waals surface area contributed by atoms with E-state index in [-0.39, 0.29) is 21.2 Å². The third-order valence-electron chi connectivity index (χ3n) is 2.60. The summed E-state index contributed by atoms with van der Waals surface area (Å²) < 4.78 is 13.4. The van der Waals surface area contributed by atoms with Crippen molar-refractivity contribution >= 4 is 35.0 Å². The second-order valence-electron chi connectivity index (χ2n) is 3.99. The fourth-order valence-electron chi connectivity index (χ4n) is 1.57. The van der Waals surface area contributed by atoms with E-state index in [1.165, 1.54) is 30.3 Å². The summed E-state index contributed by atoms with van der Waals surface area (Å²) in [7, 11) is 0. The largest absolute Gasteiger partial charge is 0.272 e. The van der Waals surface area contributed by atoms with Crippen LogP contribution in [0.4, 0.5) is 4.39 Å². The SMILES string of the molecule is O=C(NNC(=O)c1cccc(Cl)c1Cl)c1ccccc1F. The van der Waals surface area contributed by atoms with Gasteiger partial charge in [0.25, 0.3) is 11.8 Å². The molecule has 21 heavy (non-hydrogen) atoms. The maximum atomic E-state index is 13.4. The van der Waals surface area contributed by atoms with Gasteiger partial charge in [-0.15, -0.1) is 0 Å². The number of benzene rings is 2. The molecule has 0 bridgehead atoms. The van der Waals surface area contributed by atoms with Crippen LogP contribution in [0.2, 0.25) is 10.0 Å². The van der Waals surface area contributed by atoms with Crippen LogP contribution in [-0.4, -0.2) is 11.8 Å². The van der Waals surface area contributed by atoms with Gasteiger partial charge in [-0.2, -0.15) is 0 Å². The Bertz CT molecular complexity index is 707. The van der Waals surface area contributed by atoms with Gasteiger partial charge in [-0.3, -0.25) is 20.4 Å². The highest BCUT2D eigenvalue weighted by Gasteiger charge is 2.15. The Morgan fingerprint density at radius 1 is 0.857 bits per heavy atom. The third kappa shape index (κ3) is 3.51. The number of nitrogens with one attached hydrogen (secondary N) is 2. The minimum atomic E-state index is -0.778. The second-order valence-corrected chi connectivity index (χ2v) is 4.77. The van der Waals surface area contributed by atoms with E-state index >= 15 is 0 Å². The van der Waals surface area contributed by atoms with E-state index in [4.69, 9.17) is 23.2 Å². The molecule has 2 amide bonds. The molecular formula is C14H9Cl2FN2O2. The smallest absolute Gasteiger partial charge is 0.267 e. The minimum Gasteiger partial charge on any atom is -0.267 e. The first-order chi connectivity index (χ1) is 10.0. The van der Waals surface area contributed by atoms with E-state index in [1.54, 1.807) is 6.07 Å². The molecule has 0 aliphatic carbocycles. The topological polar surface area (TPSA) is 58.2 Å². The maximum absolute atomic E-state index is 13.4. The minimum absolute atomic E-state index is 0.0665. The third-order valence-corrected chi connectivity index (χ3v) is 3.42. The van der Waals surface area contributed by atoms with E-state index in [0.717, 1.165) is 6.07 Å². The number of hydrogen-bond acceptors (Lipinski definition) is 2. The number of halogens is 3. The first-order valence-electron chi connectivity index (χ1n) is 5.80. The first-order valence-corrected chi connectivity index (χ1v) is 6.55. The molecule has 0 heterocycles. The Morgan fingerprint density at radius 2 is 1.43 bits per heavy atom. The van der Waals surface area contributed by atoms with Crippen LogP contribution in [0, 0.1) is 5.82 Å². The van der Waals surface area contributed by atoms with E-state index in [0.29, 0.717) is 0 Å². The number of carbonyl (C=O) groups is 2. The van der Waals surface area contributed by atoms with Crippen LogP contribution in [0.3, 0.4) is 0 Å². The van der Waals surface area contributed by atoms with Crippen LogP contribution < -0.4 is 10.9 Å². The first kappa shape index (κ1) is 15.3. The molecule has 108 valence electrons. The summed E-state index contributed by atoms with van der Waals surface area (Å²) in [6, 6.07) is 9.91. The molecule has 0 atom stereocenters. The lowest BCUT2D eigenvalue weighted by Crippen LogP contribution is -2.42. The molecule has 0 fully saturated rings. The van der Waals surface area contributed by atoms with Gasteiger partial charge in [0.1, 0.15) is 5.82 Å². The molecule has 0 unspecified atom stereocenters. The van der Waals surface area contributed by atoms with Gasteiger partial charge in [0.15, 0.2) is 0 Å². The molecule has 4 nitrogen and oxygen atoms in total. The van der Waals surface area contributed by atoms with E-state index < -0.39 is 17.6 Å². The fourth-order valence-corrected chi connectivity index (χ4v) is 1.96. The Kier molecular flexibility index (Phi) is 4.77. The van der Waals surface area contributed by atoms with E-state index in [9.17, 15) is 14.0 Å². The lowest BCUT2D eigenvalue weighted by Gasteiger charge is -2.09. The highest BCUT2D eigenvalue weighted by Crippen LogP contribution is 2.25. The van der Waals surface area contributed by atoms with Crippen molar-refractivity contribution < 1.29 is 14.0 Å². The Balaban J connectivity index is 2.06. The van der Waals surface area contributed by atoms with Crippen molar-refractivity contribution in [2.75, 3.05) is 0 Å². The van der Waals surface area contributed by atoms with Crippen LogP contribution in [-0.2, 0) is 0 Å². The van der Waals surface area contributed by atoms with Gasteiger partial charge in [0.2, 0.25) is 0 Å².